The van der Waals surface area contributed by atoms with Crippen molar-refractivity contribution in [3.8, 4) is 11.5 Å². The molecule has 0 aliphatic rings. The Morgan fingerprint density at radius 2 is 1.59 bits per heavy atom. The minimum Gasteiger partial charge on any atom is -0.493 e. The number of carbonyl (C=O) groups is 1. The van der Waals surface area contributed by atoms with Gasteiger partial charge < -0.3 is 14.8 Å². The van der Waals surface area contributed by atoms with Crippen LogP contribution in [-0.2, 0) is 14.8 Å². The topological polar surface area (TPSA) is 84.9 Å². The van der Waals surface area contributed by atoms with E-state index in [1.165, 1.54) is 0 Å². The highest BCUT2D eigenvalue weighted by Crippen LogP contribution is 2.30. The van der Waals surface area contributed by atoms with Gasteiger partial charge in [-0.05, 0) is 62.2 Å². The van der Waals surface area contributed by atoms with Gasteiger partial charge in [-0.1, -0.05) is 42.0 Å². The molecular weight excluding hydrogens is 452 g/mol. The Hall–Kier alpha value is -3.52. The first kappa shape index (κ1) is 25.1. The minimum atomic E-state index is -3.97. The molecule has 0 radical (unpaired) electrons. The number of nitrogens with zero attached hydrogens (tertiary/aromatic N) is 1. The smallest absolute Gasteiger partial charge is 0.264 e. The first-order chi connectivity index (χ1) is 16.2. The van der Waals surface area contributed by atoms with E-state index < -0.39 is 15.9 Å². The zero-order valence-electron chi connectivity index (χ0n) is 20.0. The molecule has 0 saturated carbocycles. The average Bonchev–Trinajstić information content (AvgIpc) is 2.82. The number of methoxy groups -OCH3 is 2. The van der Waals surface area contributed by atoms with E-state index in [-0.39, 0.29) is 17.5 Å². The predicted octanol–water partition coefficient (Wildman–Crippen LogP) is 4.39. The lowest BCUT2D eigenvalue weighted by Crippen LogP contribution is -2.41. The number of para-hydroxylation sites is 1. The maximum absolute atomic E-state index is 13.6. The average molecular weight is 483 g/mol. The van der Waals surface area contributed by atoms with Crippen molar-refractivity contribution in [3.63, 3.8) is 0 Å². The third-order valence-corrected chi connectivity index (χ3v) is 7.34. The number of hydrogen-bond acceptors (Lipinski definition) is 5. The largest absolute Gasteiger partial charge is 0.493 e. The fourth-order valence-electron chi connectivity index (χ4n) is 3.60. The quantitative estimate of drug-likeness (QED) is 0.489. The van der Waals surface area contributed by atoms with Gasteiger partial charge in [0.2, 0.25) is 5.91 Å². The molecule has 0 spiro atoms. The predicted molar refractivity (Wildman–Crippen MR) is 133 cm³/mol. The molecule has 180 valence electrons. The molecule has 7 nitrogen and oxygen atoms in total. The molecule has 0 unspecified atom stereocenters. The summed E-state index contributed by atoms with van der Waals surface area (Å²) in [6.07, 6.45) is 0. The molecule has 0 aromatic heterocycles. The minimum absolute atomic E-state index is 0.127. The van der Waals surface area contributed by atoms with Gasteiger partial charge in [-0.2, -0.15) is 0 Å². The second kappa shape index (κ2) is 10.6. The molecule has 0 aliphatic carbocycles. The first-order valence-corrected chi connectivity index (χ1v) is 12.3. The highest BCUT2D eigenvalue weighted by Gasteiger charge is 2.28. The van der Waals surface area contributed by atoms with Crippen LogP contribution >= 0.6 is 0 Å². The van der Waals surface area contributed by atoms with E-state index >= 15 is 0 Å². The van der Waals surface area contributed by atoms with Crippen LogP contribution < -0.4 is 19.1 Å². The summed E-state index contributed by atoms with van der Waals surface area (Å²) in [5.74, 6) is 0.700. The number of benzene rings is 3. The highest BCUT2D eigenvalue weighted by atomic mass is 32.2. The van der Waals surface area contributed by atoms with Gasteiger partial charge in [0.15, 0.2) is 11.5 Å². The van der Waals surface area contributed by atoms with Crippen molar-refractivity contribution in [2.45, 2.75) is 31.7 Å². The summed E-state index contributed by atoms with van der Waals surface area (Å²) < 4.78 is 38.9. The summed E-state index contributed by atoms with van der Waals surface area (Å²) in [6.45, 7) is 5.17. The van der Waals surface area contributed by atoms with Gasteiger partial charge in [-0.25, -0.2) is 8.42 Å². The zero-order chi connectivity index (χ0) is 24.9. The number of ether oxygens (including phenoxy) is 2. The maximum Gasteiger partial charge on any atom is 0.264 e. The Bertz CT molecular complexity index is 1260. The summed E-state index contributed by atoms with van der Waals surface area (Å²) in [5.41, 5.74) is 2.95. The number of aryl methyl sites for hydroxylation is 2. The SMILES string of the molecule is COc1ccc([C@H](C)NC(=O)CN(c2ccccc2C)S(=O)(=O)c2ccc(C)cc2)cc1OC. The van der Waals surface area contributed by atoms with Crippen molar-refractivity contribution >= 4 is 21.6 Å². The van der Waals surface area contributed by atoms with Gasteiger partial charge in [0.1, 0.15) is 6.54 Å². The highest BCUT2D eigenvalue weighted by molar-refractivity contribution is 7.92. The third-order valence-electron chi connectivity index (χ3n) is 5.57. The molecule has 3 rings (SSSR count). The van der Waals surface area contributed by atoms with E-state index in [0.717, 1.165) is 21.0 Å². The summed E-state index contributed by atoms with van der Waals surface area (Å²) >= 11 is 0. The second-order valence-corrected chi connectivity index (χ2v) is 9.88. The molecule has 1 amide bonds. The van der Waals surface area contributed by atoms with Crippen LogP contribution in [0.15, 0.2) is 71.6 Å². The molecule has 0 aliphatic heterocycles. The maximum atomic E-state index is 13.6. The molecule has 0 fully saturated rings. The van der Waals surface area contributed by atoms with Gasteiger partial charge in [-0.15, -0.1) is 0 Å². The number of amides is 1. The number of sulfonamides is 1. The Balaban J connectivity index is 1.89. The van der Waals surface area contributed by atoms with Crippen LogP contribution in [0.3, 0.4) is 0 Å². The first-order valence-electron chi connectivity index (χ1n) is 10.8. The fourth-order valence-corrected chi connectivity index (χ4v) is 5.09. The number of hydrogen-bond donors (Lipinski definition) is 1. The molecule has 34 heavy (non-hydrogen) atoms. The van der Waals surface area contributed by atoms with Crippen molar-refractivity contribution in [3.05, 3.63) is 83.4 Å². The number of nitrogens with one attached hydrogen (secondary N) is 1. The van der Waals surface area contributed by atoms with Crippen molar-refractivity contribution in [2.24, 2.45) is 0 Å². The Labute approximate surface area is 201 Å². The molecule has 1 N–H and O–H groups in total. The van der Waals surface area contributed by atoms with Crippen LogP contribution in [-0.4, -0.2) is 35.1 Å². The molecule has 0 saturated heterocycles. The molecule has 3 aromatic rings. The van der Waals surface area contributed by atoms with E-state index in [4.69, 9.17) is 9.47 Å². The van der Waals surface area contributed by atoms with Crippen LogP contribution in [0, 0.1) is 13.8 Å². The third kappa shape index (κ3) is 5.51. The summed E-state index contributed by atoms with van der Waals surface area (Å²) in [7, 11) is -0.877. The van der Waals surface area contributed by atoms with E-state index in [2.05, 4.69) is 5.32 Å². The van der Waals surface area contributed by atoms with E-state index in [9.17, 15) is 13.2 Å². The second-order valence-electron chi connectivity index (χ2n) is 8.01. The Morgan fingerprint density at radius 1 is 0.941 bits per heavy atom. The van der Waals surface area contributed by atoms with Crippen molar-refractivity contribution < 1.29 is 22.7 Å². The Morgan fingerprint density at radius 3 is 2.21 bits per heavy atom. The summed E-state index contributed by atoms with van der Waals surface area (Å²) in [5, 5.41) is 2.90. The van der Waals surface area contributed by atoms with Crippen molar-refractivity contribution in [1.82, 2.24) is 5.32 Å². The molecule has 1 atom stereocenters. The van der Waals surface area contributed by atoms with E-state index in [0.29, 0.717) is 17.2 Å². The standard InChI is InChI=1S/C26H30N2O5S/c1-18-10-13-22(14-11-18)34(30,31)28(23-9-7-6-8-19(23)2)17-26(29)27-20(3)21-12-15-24(32-4)25(16-21)33-5/h6-16,20H,17H2,1-5H3,(H,27,29)/t20-/m0/s1. The van der Waals surface area contributed by atoms with Crippen LogP contribution in [0.25, 0.3) is 0 Å². The van der Waals surface area contributed by atoms with Crippen molar-refractivity contribution in [1.29, 1.82) is 0 Å². The molecule has 0 heterocycles. The molecule has 3 aromatic carbocycles. The number of rotatable bonds is 9. The van der Waals surface area contributed by atoms with Crippen LogP contribution in [0.2, 0.25) is 0 Å². The normalized spacial score (nSPS) is 12.0. The van der Waals surface area contributed by atoms with Gasteiger partial charge >= 0.3 is 0 Å². The van der Waals surface area contributed by atoms with Crippen LogP contribution in [0.5, 0.6) is 11.5 Å². The lowest BCUT2D eigenvalue weighted by molar-refractivity contribution is -0.120. The van der Waals surface area contributed by atoms with Crippen molar-refractivity contribution in [2.75, 3.05) is 25.1 Å². The monoisotopic (exact) mass is 482 g/mol. The Kier molecular flexibility index (Phi) is 7.83. The number of anilines is 1. The van der Waals surface area contributed by atoms with Crippen LogP contribution in [0.4, 0.5) is 5.69 Å². The number of carbonyl (C=O) groups excluding carboxylic acids is 1. The lowest BCUT2D eigenvalue weighted by atomic mass is 10.1. The van der Waals surface area contributed by atoms with Crippen LogP contribution in [0.1, 0.15) is 29.7 Å². The molecule has 8 heteroatoms. The van der Waals surface area contributed by atoms with Gasteiger partial charge in [0, 0.05) is 0 Å². The van der Waals surface area contributed by atoms with E-state index in [1.54, 1.807) is 62.8 Å². The van der Waals surface area contributed by atoms with E-state index in [1.807, 2.05) is 39.0 Å². The molecule has 0 bridgehead atoms. The van der Waals surface area contributed by atoms with Gasteiger partial charge in [-0.3, -0.25) is 9.10 Å². The fraction of sp³-hybridized carbons (Fsp3) is 0.269. The molecular formula is C26H30N2O5S. The summed E-state index contributed by atoms with van der Waals surface area (Å²) in [6, 6.07) is 18.7. The lowest BCUT2D eigenvalue weighted by Gasteiger charge is -2.26. The zero-order valence-corrected chi connectivity index (χ0v) is 20.8. The summed E-state index contributed by atoms with van der Waals surface area (Å²) in [4.78, 5) is 13.2. The van der Waals surface area contributed by atoms with Gasteiger partial charge in [0.05, 0.1) is 30.8 Å². The van der Waals surface area contributed by atoms with Gasteiger partial charge in [0.25, 0.3) is 10.0 Å².